The molecule has 4 heterocycles. The maximum atomic E-state index is 15.3. The summed E-state index contributed by atoms with van der Waals surface area (Å²) in [4.78, 5) is 35.5. The predicted molar refractivity (Wildman–Crippen MR) is 129 cm³/mol. The molecule has 0 radical (unpaired) electrons. The van der Waals surface area contributed by atoms with E-state index in [0.717, 1.165) is 0 Å². The zero-order valence-electron chi connectivity index (χ0n) is 18.6. The molecule has 0 spiro atoms. The summed E-state index contributed by atoms with van der Waals surface area (Å²) < 4.78 is 24.4. The van der Waals surface area contributed by atoms with Crippen molar-refractivity contribution in [3.8, 4) is 17.2 Å². The molecule has 1 fully saturated rings. The fourth-order valence-electron chi connectivity index (χ4n) is 3.75. The van der Waals surface area contributed by atoms with Crippen LogP contribution in [0.15, 0.2) is 49.1 Å². The first-order valence-corrected chi connectivity index (χ1v) is 11.9. The van der Waals surface area contributed by atoms with Crippen molar-refractivity contribution in [1.82, 2.24) is 24.4 Å². The summed E-state index contributed by atoms with van der Waals surface area (Å²) in [5.41, 5.74) is 1.77. The van der Waals surface area contributed by atoms with E-state index in [1.165, 1.54) is 22.3 Å². The summed E-state index contributed by atoms with van der Waals surface area (Å²) >= 11 is 7.10. The van der Waals surface area contributed by atoms with Crippen LogP contribution >= 0.6 is 22.9 Å². The van der Waals surface area contributed by atoms with Crippen LogP contribution in [0.4, 0.5) is 10.1 Å². The van der Waals surface area contributed by atoms with Gasteiger partial charge in [0.15, 0.2) is 5.82 Å². The molecule has 5 rings (SSSR count). The van der Waals surface area contributed by atoms with E-state index in [4.69, 9.17) is 16.3 Å². The smallest absolute Gasteiger partial charge is 0.261 e. The number of imidazole rings is 2. The van der Waals surface area contributed by atoms with Crippen LogP contribution in [0.2, 0.25) is 4.34 Å². The molecule has 35 heavy (non-hydrogen) atoms. The van der Waals surface area contributed by atoms with E-state index in [1.54, 1.807) is 52.1 Å². The number of amides is 2. The van der Waals surface area contributed by atoms with Gasteiger partial charge in [0.25, 0.3) is 11.8 Å². The molecule has 12 heteroatoms. The molecule has 0 bridgehead atoms. The fourth-order valence-corrected chi connectivity index (χ4v) is 4.71. The van der Waals surface area contributed by atoms with Crippen molar-refractivity contribution in [2.45, 2.75) is 6.54 Å². The number of benzene rings is 1. The van der Waals surface area contributed by atoms with Gasteiger partial charge in [-0.15, -0.1) is 11.3 Å². The van der Waals surface area contributed by atoms with Gasteiger partial charge in [-0.2, -0.15) is 0 Å². The summed E-state index contributed by atoms with van der Waals surface area (Å²) in [6.07, 6.45) is 5.05. The Kier molecular flexibility index (Phi) is 6.37. The Bertz CT molecular complexity index is 1410. The van der Waals surface area contributed by atoms with Gasteiger partial charge in [-0.3, -0.25) is 14.2 Å². The van der Waals surface area contributed by atoms with Gasteiger partial charge in [0, 0.05) is 31.7 Å². The molecule has 180 valence electrons. The summed E-state index contributed by atoms with van der Waals surface area (Å²) in [5.74, 6) is -0.602. The maximum Gasteiger partial charge on any atom is 0.261 e. The zero-order chi connectivity index (χ0) is 24.5. The van der Waals surface area contributed by atoms with Gasteiger partial charge < -0.3 is 19.5 Å². The van der Waals surface area contributed by atoms with Gasteiger partial charge >= 0.3 is 0 Å². The van der Waals surface area contributed by atoms with Crippen LogP contribution in [-0.2, 0) is 23.1 Å². The fraction of sp³-hybridized carbons (Fsp3) is 0.217. The van der Waals surface area contributed by atoms with Crippen molar-refractivity contribution in [2.75, 3.05) is 24.7 Å². The summed E-state index contributed by atoms with van der Waals surface area (Å²) in [6.45, 7) is 0.860. The molecule has 9 nitrogen and oxygen atoms in total. The number of hydrogen-bond donors (Lipinski definition) is 1. The van der Waals surface area contributed by atoms with E-state index >= 15 is 4.39 Å². The number of rotatable bonds is 6. The summed E-state index contributed by atoms with van der Waals surface area (Å²) in [6, 6.07) is 7.91. The molecular formula is C23H20ClFN6O3S. The average Bonchev–Trinajstić information content (AvgIpc) is 3.57. The van der Waals surface area contributed by atoms with Gasteiger partial charge in [-0.05, 0) is 30.3 Å². The molecule has 1 saturated heterocycles. The molecular weight excluding hydrogens is 495 g/mol. The van der Waals surface area contributed by atoms with Crippen molar-refractivity contribution in [3.05, 3.63) is 69.8 Å². The Morgan fingerprint density at radius 1 is 1.29 bits per heavy atom. The SMILES string of the molecule is Cn1cnc(-c2nc(CNC(=O)c3ccc(Cl)s3)cn2-c2ccc(N3CCOCC3=O)cc2F)c1. The Labute approximate surface area is 208 Å². The van der Waals surface area contributed by atoms with Crippen molar-refractivity contribution in [1.29, 1.82) is 0 Å². The first-order chi connectivity index (χ1) is 16.9. The number of thiophene rings is 1. The lowest BCUT2D eigenvalue weighted by molar-refractivity contribution is -0.125. The third-order valence-corrected chi connectivity index (χ3v) is 6.64. The van der Waals surface area contributed by atoms with Gasteiger partial charge in [-0.1, -0.05) is 11.6 Å². The lowest BCUT2D eigenvalue weighted by Crippen LogP contribution is -2.41. The highest BCUT2D eigenvalue weighted by molar-refractivity contribution is 7.18. The summed E-state index contributed by atoms with van der Waals surface area (Å²) in [7, 11) is 1.83. The highest BCUT2D eigenvalue weighted by Crippen LogP contribution is 2.27. The minimum Gasteiger partial charge on any atom is -0.370 e. The normalized spacial score (nSPS) is 13.9. The van der Waals surface area contributed by atoms with E-state index in [-0.39, 0.29) is 30.7 Å². The Hall–Kier alpha value is -3.54. The van der Waals surface area contributed by atoms with Gasteiger partial charge in [0.05, 0.1) is 40.1 Å². The molecule has 0 saturated carbocycles. The maximum absolute atomic E-state index is 15.3. The molecule has 4 aromatic rings. The number of halogens is 2. The van der Waals surface area contributed by atoms with Gasteiger partial charge in [0.2, 0.25) is 0 Å². The summed E-state index contributed by atoms with van der Waals surface area (Å²) in [5, 5.41) is 2.81. The second kappa shape index (κ2) is 9.61. The topological polar surface area (TPSA) is 94.3 Å². The van der Waals surface area contributed by atoms with Crippen molar-refractivity contribution in [2.24, 2.45) is 7.05 Å². The lowest BCUT2D eigenvalue weighted by Gasteiger charge is -2.27. The second-order valence-electron chi connectivity index (χ2n) is 7.87. The van der Waals surface area contributed by atoms with E-state index in [2.05, 4.69) is 15.3 Å². The Balaban J connectivity index is 1.46. The molecule has 1 aliphatic heterocycles. The van der Waals surface area contributed by atoms with Crippen molar-refractivity contribution in [3.63, 3.8) is 0 Å². The van der Waals surface area contributed by atoms with Crippen LogP contribution in [0.5, 0.6) is 0 Å². The third kappa shape index (κ3) is 4.83. The van der Waals surface area contributed by atoms with E-state index in [1.807, 2.05) is 7.05 Å². The molecule has 2 amide bonds. The largest absolute Gasteiger partial charge is 0.370 e. The molecule has 0 aliphatic carbocycles. The minimum absolute atomic E-state index is 0.0263. The first kappa shape index (κ1) is 23.2. The van der Waals surface area contributed by atoms with Crippen LogP contribution in [0.1, 0.15) is 15.4 Å². The molecule has 3 aromatic heterocycles. The van der Waals surface area contributed by atoms with Crippen LogP contribution in [0, 0.1) is 5.82 Å². The number of aryl methyl sites for hydroxylation is 1. The monoisotopic (exact) mass is 514 g/mol. The Morgan fingerprint density at radius 3 is 2.83 bits per heavy atom. The molecule has 1 N–H and O–H groups in total. The van der Waals surface area contributed by atoms with Crippen LogP contribution in [0.3, 0.4) is 0 Å². The quantitative estimate of drug-likeness (QED) is 0.425. The third-order valence-electron chi connectivity index (χ3n) is 5.41. The number of hydrogen-bond acceptors (Lipinski definition) is 6. The standard InChI is InChI=1S/C23H20ClFN6O3S/c1-29-11-17(27-13-29)22-28-14(9-26-23(33)19-4-5-20(24)35-19)10-31(22)18-3-2-15(8-16(18)25)30-6-7-34-12-21(30)32/h2-5,8,10-11,13H,6-7,9,12H2,1H3,(H,26,33). The number of morpholine rings is 1. The van der Waals surface area contributed by atoms with Crippen molar-refractivity contribution < 1.29 is 18.7 Å². The number of aromatic nitrogens is 4. The number of nitrogens with one attached hydrogen (secondary N) is 1. The van der Waals surface area contributed by atoms with Gasteiger partial charge in [-0.25, -0.2) is 14.4 Å². The predicted octanol–water partition coefficient (Wildman–Crippen LogP) is 3.42. The van der Waals surface area contributed by atoms with Gasteiger partial charge in [0.1, 0.15) is 18.1 Å². The highest BCUT2D eigenvalue weighted by atomic mass is 35.5. The zero-order valence-corrected chi connectivity index (χ0v) is 20.1. The second-order valence-corrected chi connectivity index (χ2v) is 9.59. The van der Waals surface area contributed by atoms with Crippen LogP contribution in [-0.4, -0.2) is 50.7 Å². The number of carbonyl (C=O) groups is 2. The van der Waals surface area contributed by atoms with E-state index in [9.17, 15) is 9.59 Å². The van der Waals surface area contributed by atoms with Crippen LogP contribution in [0.25, 0.3) is 17.2 Å². The minimum atomic E-state index is -0.528. The highest BCUT2D eigenvalue weighted by Gasteiger charge is 2.23. The van der Waals surface area contributed by atoms with E-state index in [0.29, 0.717) is 45.3 Å². The number of nitrogens with zero attached hydrogens (tertiary/aromatic N) is 5. The molecule has 1 aliphatic rings. The Morgan fingerprint density at radius 2 is 2.14 bits per heavy atom. The van der Waals surface area contributed by atoms with Crippen molar-refractivity contribution >= 4 is 40.4 Å². The molecule has 0 unspecified atom stereocenters. The van der Waals surface area contributed by atoms with Crippen LogP contribution < -0.4 is 10.2 Å². The number of ether oxygens (including phenoxy) is 1. The molecule has 0 atom stereocenters. The van der Waals surface area contributed by atoms with E-state index < -0.39 is 5.82 Å². The lowest BCUT2D eigenvalue weighted by atomic mass is 10.2. The average molecular weight is 515 g/mol. The first-order valence-electron chi connectivity index (χ1n) is 10.7. The number of carbonyl (C=O) groups excluding carboxylic acids is 2. The molecule has 1 aromatic carbocycles. The number of anilines is 1.